The number of nitrogens with zero attached hydrogens (tertiary/aromatic N) is 5. The molecule has 3 fully saturated rings. The number of carbonyl (C=O) groups is 1. The molecule has 2 aromatic heterocycles. The zero-order valence-electron chi connectivity index (χ0n) is 19.1. The van der Waals surface area contributed by atoms with Gasteiger partial charge < -0.3 is 20.5 Å². The molecule has 192 valence electrons. The third kappa shape index (κ3) is 4.24. The van der Waals surface area contributed by atoms with E-state index in [1.54, 1.807) is 0 Å². The molecule has 2 N–H and O–H groups in total. The van der Waals surface area contributed by atoms with Crippen LogP contribution in [0, 0.1) is 10.8 Å². The molecule has 5 heterocycles. The monoisotopic (exact) mass is 509 g/mol. The number of hydrogen-bond acceptors (Lipinski definition) is 7. The van der Waals surface area contributed by atoms with Gasteiger partial charge in [0.05, 0.1) is 30.0 Å². The Morgan fingerprint density at radius 3 is 2.47 bits per heavy atom. The number of hydrogen-bond donors (Lipinski definition) is 2. The van der Waals surface area contributed by atoms with Gasteiger partial charge in [-0.15, -0.1) is 0 Å². The SMILES string of the molecule is N=Cc1ncc(N2C3CCC2CC2(CCN(c4ccc(C(F)(F)F)nc4)C2=O)C3)nc1NCC(F)F. The summed E-state index contributed by atoms with van der Waals surface area (Å²) in [4.78, 5) is 29.3. The van der Waals surface area contributed by atoms with Crippen LogP contribution in [0.4, 0.5) is 39.3 Å². The number of aromatic nitrogens is 3. The van der Waals surface area contributed by atoms with Crippen LogP contribution in [0.25, 0.3) is 0 Å². The highest BCUT2D eigenvalue weighted by molar-refractivity contribution is 6.00. The van der Waals surface area contributed by atoms with Crippen LogP contribution >= 0.6 is 0 Å². The maximum Gasteiger partial charge on any atom is 0.433 e. The minimum Gasteiger partial charge on any atom is -0.362 e. The van der Waals surface area contributed by atoms with Crippen LogP contribution in [-0.4, -0.2) is 58.7 Å². The fourth-order valence-electron chi connectivity index (χ4n) is 5.80. The van der Waals surface area contributed by atoms with Crippen LogP contribution in [0.5, 0.6) is 0 Å². The average molecular weight is 509 g/mol. The van der Waals surface area contributed by atoms with Crippen molar-refractivity contribution in [2.45, 2.75) is 56.8 Å². The average Bonchev–Trinajstić information content (AvgIpc) is 3.30. The fraction of sp³-hybridized carbons (Fsp3) is 0.522. The lowest BCUT2D eigenvalue weighted by atomic mass is 9.73. The van der Waals surface area contributed by atoms with Crippen LogP contribution < -0.4 is 15.1 Å². The van der Waals surface area contributed by atoms with Gasteiger partial charge in [-0.25, -0.2) is 23.7 Å². The number of nitrogens with one attached hydrogen (secondary N) is 2. The van der Waals surface area contributed by atoms with Gasteiger partial charge in [0.2, 0.25) is 5.91 Å². The molecule has 8 nitrogen and oxygen atoms in total. The summed E-state index contributed by atoms with van der Waals surface area (Å²) in [5.74, 6) is 0.513. The Morgan fingerprint density at radius 1 is 1.17 bits per heavy atom. The summed E-state index contributed by atoms with van der Waals surface area (Å²) in [6.45, 7) is -0.209. The van der Waals surface area contributed by atoms with Crippen molar-refractivity contribution in [2.24, 2.45) is 5.41 Å². The van der Waals surface area contributed by atoms with Crippen molar-refractivity contribution in [1.29, 1.82) is 5.41 Å². The highest BCUT2D eigenvalue weighted by Gasteiger charge is 2.56. The van der Waals surface area contributed by atoms with Gasteiger partial charge in [0.15, 0.2) is 5.82 Å². The van der Waals surface area contributed by atoms with Gasteiger partial charge >= 0.3 is 6.18 Å². The Hall–Kier alpha value is -3.38. The van der Waals surface area contributed by atoms with E-state index in [0.717, 1.165) is 31.3 Å². The van der Waals surface area contributed by atoms with Crippen LogP contribution in [-0.2, 0) is 11.0 Å². The third-order valence-electron chi connectivity index (χ3n) is 7.35. The van der Waals surface area contributed by atoms with E-state index in [0.29, 0.717) is 37.3 Å². The van der Waals surface area contributed by atoms with Gasteiger partial charge in [-0.1, -0.05) is 0 Å². The molecule has 36 heavy (non-hydrogen) atoms. The van der Waals surface area contributed by atoms with Crippen molar-refractivity contribution >= 4 is 29.4 Å². The van der Waals surface area contributed by atoms with E-state index >= 15 is 0 Å². The molecule has 3 aliphatic rings. The molecule has 2 atom stereocenters. The molecule has 3 aliphatic heterocycles. The quantitative estimate of drug-likeness (QED) is 0.449. The fourth-order valence-corrected chi connectivity index (χ4v) is 5.80. The molecule has 0 saturated carbocycles. The molecule has 0 radical (unpaired) electrons. The highest BCUT2D eigenvalue weighted by atomic mass is 19.4. The van der Waals surface area contributed by atoms with Crippen LogP contribution in [0.1, 0.15) is 43.5 Å². The van der Waals surface area contributed by atoms with Crippen molar-refractivity contribution in [3.05, 3.63) is 35.9 Å². The van der Waals surface area contributed by atoms with Crippen molar-refractivity contribution in [1.82, 2.24) is 15.0 Å². The zero-order chi connectivity index (χ0) is 25.7. The predicted octanol–water partition coefficient (Wildman–Crippen LogP) is 4.12. The van der Waals surface area contributed by atoms with Gasteiger partial charge in [0.25, 0.3) is 6.43 Å². The Bertz CT molecular complexity index is 1140. The summed E-state index contributed by atoms with van der Waals surface area (Å²) in [7, 11) is 0. The number of fused-ring (bicyclic) bond motifs is 2. The van der Waals surface area contributed by atoms with Crippen molar-refractivity contribution < 1.29 is 26.7 Å². The molecule has 0 aliphatic carbocycles. The summed E-state index contributed by atoms with van der Waals surface area (Å²) < 4.78 is 64.0. The second kappa shape index (κ2) is 8.93. The standard InChI is InChI=1S/C23H24F5N7O/c24-18(25)11-32-20-16(9-29)30-12-19(33-20)35-13-1-2-14(35)8-22(7-13)5-6-34(21(22)36)15-3-4-17(31-10-15)23(26,27)28/h3-4,9-10,12-14,18,29H,1-2,5-8,11H2,(H,32,33). The molecule has 13 heteroatoms. The Morgan fingerprint density at radius 2 is 1.89 bits per heavy atom. The van der Waals surface area contributed by atoms with E-state index in [-0.39, 0.29) is 29.5 Å². The summed E-state index contributed by atoms with van der Waals surface area (Å²) >= 11 is 0. The van der Waals surface area contributed by atoms with E-state index in [1.807, 2.05) is 0 Å². The van der Waals surface area contributed by atoms with Crippen LogP contribution in [0.2, 0.25) is 0 Å². The van der Waals surface area contributed by atoms with E-state index in [1.165, 1.54) is 17.2 Å². The molecule has 2 aromatic rings. The van der Waals surface area contributed by atoms with Crippen molar-refractivity contribution in [3.8, 4) is 0 Å². The van der Waals surface area contributed by atoms with Gasteiger partial charge in [-0.2, -0.15) is 13.2 Å². The summed E-state index contributed by atoms with van der Waals surface area (Å²) in [6, 6.07) is 2.14. The zero-order valence-corrected chi connectivity index (χ0v) is 19.1. The maximum absolute atomic E-state index is 13.5. The highest BCUT2D eigenvalue weighted by Crippen LogP contribution is 2.52. The van der Waals surface area contributed by atoms with E-state index in [2.05, 4.69) is 25.2 Å². The molecule has 2 bridgehead atoms. The lowest BCUT2D eigenvalue weighted by molar-refractivity contribution is -0.141. The first-order valence-electron chi connectivity index (χ1n) is 11.6. The van der Waals surface area contributed by atoms with Gasteiger partial charge in [0.1, 0.15) is 17.2 Å². The molecule has 1 amide bonds. The number of pyridine rings is 1. The molecular weight excluding hydrogens is 485 g/mol. The number of anilines is 3. The molecule has 3 saturated heterocycles. The molecule has 1 spiro atoms. The third-order valence-corrected chi connectivity index (χ3v) is 7.35. The number of rotatable bonds is 6. The van der Waals surface area contributed by atoms with Gasteiger partial charge in [-0.05, 0) is 44.2 Å². The first-order chi connectivity index (χ1) is 17.1. The maximum atomic E-state index is 13.5. The number of amides is 1. The molecular formula is C23H24F5N7O. The minimum absolute atomic E-state index is 0.0125. The largest absolute Gasteiger partial charge is 0.433 e. The van der Waals surface area contributed by atoms with Gasteiger partial charge in [0, 0.05) is 24.8 Å². The lowest BCUT2D eigenvalue weighted by Crippen LogP contribution is -2.51. The van der Waals surface area contributed by atoms with Crippen molar-refractivity contribution in [2.75, 3.05) is 28.2 Å². The minimum atomic E-state index is -4.55. The van der Waals surface area contributed by atoms with Crippen molar-refractivity contribution in [3.63, 3.8) is 0 Å². The summed E-state index contributed by atoms with van der Waals surface area (Å²) in [5, 5.41) is 10.0. The number of halogens is 5. The van der Waals surface area contributed by atoms with E-state index < -0.39 is 30.3 Å². The first kappa shape index (κ1) is 24.3. The summed E-state index contributed by atoms with van der Waals surface area (Å²) in [6.07, 6.45) is -0.205. The second-order valence-corrected chi connectivity index (χ2v) is 9.47. The molecule has 0 aromatic carbocycles. The Labute approximate surface area is 203 Å². The second-order valence-electron chi connectivity index (χ2n) is 9.47. The normalized spacial score (nSPS) is 25.8. The first-order valence-corrected chi connectivity index (χ1v) is 11.6. The van der Waals surface area contributed by atoms with Crippen LogP contribution in [0.15, 0.2) is 24.5 Å². The topological polar surface area (TPSA) is 98.1 Å². The molecule has 5 rings (SSSR count). The smallest absolute Gasteiger partial charge is 0.362 e. The Kier molecular flexibility index (Phi) is 6.03. The van der Waals surface area contributed by atoms with E-state index in [4.69, 9.17) is 5.41 Å². The summed E-state index contributed by atoms with van der Waals surface area (Å²) in [5.41, 5.74) is -1.12. The number of alkyl halides is 5. The Balaban J connectivity index is 1.35. The predicted molar refractivity (Wildman–Crippen MR) is 122 cm³/mol. The van der Waals surface area contributed by atoms with Gasteiger partial charge in [-0.3, -0.25) is 4.79 Å². The molecule has 2 unspecified atom stereocenters. The van der Waals surface area contributed by atoms with E-state index in [9.17, 15) is 26.7 Å². The number of piperidine rings is 1. The van der Waals surface area contributed by atoms with Crippen LogP contribution in [0.3, 0.4) is 0 Å². The number of carbonyl (C=O) groups excluding carboxylic acids is 1. The lowest BCUT2D eigenvalue weighted by Gasteiger charge is -2.44.